The Morgan fingerprint density at radius 3 is 1.76 bits per heavy atom. The standard InChI is InChI=1S/C17H22/c1-2-9-5-8(1)14-12-7-13(15(9)14)17-11-4-3-10(6-11)16(12)17/h1-2,8-17H,3-7H2/t8-,9+,10-,11+,12-,13+,14+,15-,16-,17+. The molecule has 0 aromatic carbocycles. The molecule has 0 heterocycles. The van der Waals surface area contributed by atoms with E-state index in [4.69, 9.17) is 0 Å². The quantitative estimate of drug-likeness (QED) is 0.436. The first kappa shape index (κ1) is 8.77. The van der Waals surface area contributed by atoms with Crippen molar-refractivity contribution in [3.8, 4) is 0 Å². The molecule has 6 aliphatic rings. The van der Waals surface area contributed by atoms with Gasteiger partial charge in [0.1, 0.15) is 0 Å². The van der Waals surface area contributed by atoms with E-state index in [-0.39, 0.29) is 0 Å². The summed E-state index contributed by atoms with van der Waals surface area (Å²) in [6, 6.07) is 0. The lowest BCUT2D eigenvalue weighted by atomic mass is 9.61. The van der Waals surface area contributed by atoms with Gasteiger partial charge in [0, 0.05) is 0 Å². The van der Waals surface area contributed by atoms with Crippen LogP contribution in [0.4, 0.5) is 0 Å². The summed E-state index contributed by atoms with van der Waals surface area (Å²) in [4.78, 5) is 0. The first-order valence-electron chi connectivity index (χ1n) is 8.10. The van der Waals surface area contributed by atoms with Crippen molar-refractivity contribution in [1.29, 1.82) is 0 Å². The van der Waals surface area contributed by atoms with Gasteiger partial charge in [-0.25, -0.2) is 0 Å². The second kappa shape index (κ2) is 2.53. The highest BCUT2D eigenvalue weighted by Gasteiger charge is 2.69. The molecule has 0 N–H and O–H groups in total. The van der Waals surface area contributed by atoms with E-state index in [9.17, 15) is 0 Å². The van der Waals surface area contributed by atoms with Gasteiger partial charge < -0.3 is 0 Å². The van der Waals surface area contributed by atoms with Crippen molar-refractivity contribution >= 4 is 0 Å². The molecule has 5 saturated carbocycles. The third-order valence-corrected chi connectivity index (χ3v) is 8.15. The molecule has 6 aliphatic carbocycles. The smallest absolute Gasteiger partial charge is 0.0194 e. The molecule has 90 valence electrons. The van der Waals surface area contributed by atoms with E-state index in [1.807, 2.05) is 0 Å². The normalized spacial score (nSPS) is 72.5. The zero-order valence-corrected chi connectivity index (χ0v) is 10.5. The third kappa shape index (κ3) is 0.780. The topological polar surface area (TPSA) is 0 Å². The average Bonchev–Trinajstić information content (AvgIpc) is 3.14. The Kier molecular flexibility index (Phi) is 1.31. The molecular weight excluding hydrogens is 204 g/mol. The number of hydrogen-bond donors (Lipinski definition) is 0. The minimum absolute atomic E-state index is 1.03. The number of hydrogen-bond acceptors (Lipinski definition) is 0. The monoisotopic (exact) mass is 226 g/mol. The first-order valence-corrected chi connectivity index (χ1v) is 8.10. The third-order valence-electron chi connectivity index (χ3n) is 8.15. The summed E-state index contributed by atoms with van der Waals surface area (Å²) < 4.78 is 0. The summed E-state index contributed by atoms with van der Waals surface area (Å²) in [7, 11) is 0. The maximum absolute atomic E-state index is 2.61. The van der Waals surface area contributed by atoms with Gasteiger partial charge in [0.05, 0.1) is 0 Å². The van der Waals surface area contributed by atoms with E-state index in [0.717, 1.165) is 23.7 Å². The highest BCUT2D eigenvalue weighted by atomic mass is 14.7. The molecule has 0 radical (unpaired) electrons. The number of rotatable bonds is 0. The summed E-state index contributed by atoms with van der Waals surface area (Å²) in [5.41, 5.74) is 0. The van der Waals surface area contributed by atoms with Crippen LogP contribution in [0.1, 0.15) is 32.1 Å². The molecule has 0 amide bonds. The number of fused-ring (bicyclic) bond motifs is 16. The van der Waals surface area contributed by atoms with Gasteiger partial charge in [-0.05, 0) is 91.3 Å². The highest BCUT2D eigenvalue weighted by Crippen LogP contribution is 2.75. The molecule has 17 heavy (non-hydrogen) atoms. The zero-order chi connectivity index (χ0) is 10.7. The minimum atomic E-state index is 1.03. The maximum atomic E-state index is 2.61. The van der Waals surface area contributed by atoms with Crippen LogP contribution >= 0.6 is 0 Å². The van der Waals surface area contributed by atoms with E-state index in [1.165, 1.54) is 35.5 Å². The molecule has 0 saturated heterocycles. The molecular formula is C17H22. The van der Waals surface area contributed by atoms with Gasteiger partial charge >= 0.3 is 0 Å². The summed E-state index contributed by atoms with van der Waals surface area (Å²) >= 11 is 0. The van der Waals surface area contributed by atoms with Gasteiger partial charge in [0.25, 0.3) is 0 Å². The van der Waals surface area contributed by atoms with Crippen molar-refractivity contribution in [1.82, 2.24) is 0 Å². The summed E-state index contributed by atoms with van der Waals surface area (Å²) in [5.74, 6) is 11.6. The molecule has 0 unspecified atom stereocenters. The van der Waals surface area contributed by atoms with Crippen molar-refractivity contribution in [3.63, 3.8) is 0 Å². The molecule has 6 bridgehead atoms. The predicted molar refractivity (Wildman–Crippen MR) is 67.1 cm³/mol. The lowest BCUT2D eigenvalue weighted by molar-refractivity contribution is 0.0505. The Balaban J connectivity index is 1.49. The van der Waals surface area contributed by atoms with Crippen LogP contribution < -0.4 is 0 Å². The Morgan fingerprint density at radius 1 is 0.588 bits per heavy atom. The lowest BCUT2D eigenvalue weighted by Gasteiger charge is -2.44. The van der Waals surface area contributed by atoms with Crippen molar-refractivity contribution in [3.05, 3.63) is 12.2 Å². The van der Waals surface area contributed by atoms with Crippen LogP contribution in [0.25, 0.3) is 0 Å². The van der Waals surface area contributed by atoms with Crippen molar-refractivity contribution < 1.29 is 0 Å². The van der Waals surface area contributed by atoms with E-state index in [1.54, 1.807) is 32.1 Å². The summed E-state index contributed by atoms with van der Waals surface area (Å²) in [6.45, 7) is 0. The Labute approximate surface area is 104 Å². The van der Waals surface area contributed by atoms with Crippen LogP contribution in [0.2, 0.25) is 0 Å². The van der Waals surface area contributed by atoms with Gasteiger partial charge in [-0.1, -0.05) is 12.2 Å². The lowest BCUT2D eigenvalue weighted by Crippen LogP contribution is -2.39. The molecule has 0 aromatic heterocycles. The van der Waals surface area contributed by atoms with Crippen LogP contribution in [0.5, 0.6) is 0 Å². The van der Waals surface area contributed by atoms with Crippen LogP contribution in [0.3, 0.4) is 0 Å². The van der Waals surface area contributed by atoms with Crippen molar-refractivity contribution in [2.45, 2.75) is 32.1 Å². The van der Waals surface area contributed by atoms with Crippen LogP contribution in [-0.4, -0.2) is 0 Å². The second-order valence-electron chi connectivity index (χ2n) is 8.15. The Morgan fingerprint density at radius 2 is 1.18 bits per heavy atom. The molecule has 6 rings (SSSR count). The van der Waals surface area contributed by atoms with E-state index < -0.39 is 0 Å². The van der Waals surface area contributed by atoms with Gasteiger partial charge in [0.15, 0.2) is 0 Å². The zero-order valence-electron chi connectivity index (χ0n) is 10.5. The van der Waals surface area contributed by atoms with Crippen molar-refractivity contribution in [2.75, 3.05) is 0 Å². The predicted octanol–water partition coefficient (Wildman–Crippen LogP) is 3.74. The SMILES string of the molecule is C1=C[C@H]2C[C@@H]1[C@H]1[C@H]3C[C@@H]([C@H]12)[C@@H]1[C@H]2CC[C@H](C2)[C@H]31. The van der Waals surface area contributed by atoms with E-state index >= 15 is 0 Å². The van der Waals surface area contributed by atoms with Gasteiger partial charge in [-0.2, -0.15) is 0 Å². The second-order valence-corrected chi connectivity index (χ2v) is 8.15. The minimum Gasteiger partial charge on any atom is -0.0848 e. The first-order chi connectivity index (χ1) is 8.42. The van der Waals surface area contributed by atoms with E-state index in [0.29, 0.717) is 0 Å². The molecule has 0 spiro atoms. The van der Waals surface area contributed by atoms with Gasteiger partial charge in [-0.15, -0.1) is 0 Å². The van der Waals surface area contributed by atoms with Crippen LogP contribution in [-0.2, 0) is 0 Å². The molecule has 0 aromatic rings. The fourth-order valence-electron chi connectivity index (χ4n) is 8.21. The van der Waals surface area contributed by atoms with Crippen LogP contribution in [0, 0.1) is 59.2 Å². The average molecular weight is 226 g/mol. The van der Waals surface area contributed by atoms with Gasteiger partial charge in [-0.3, -0.25) is 0 Å². The summed E-state index contributed by atoms with van der Waals surface area (Å²) in [5, 5.41) is 0. The maximum Gasteiger partial charge on any atom is -0.0194 e. The fraction of sp³-hybridized carbons (Fsp3) is 0.882. The molecule has 0 heteroatoms. The fourth-order valence-corrected chi connectivity index (χ4v) is 8.21. The Bertz CT molecular complexity index is 386. The van der Waals surface area contributed by atoms with Crippen molar-refractivity contribution in [2.24, 2.45) is 59.2 Å². The molecule has 0 aliphatic heterocycles. The van der Waals surface area contributed by atoms with Gasteiger partial charge in [0.2, 0.25) is 0 Å². The highest BCUT2D eigenvalue weighted by molar-refractivity contribution is 5.24. The summed E-state index contributed by atoms with van der Waals surface area (Å²) in [6.07, 6.45) is 13.3. The van der Waals surface area contributed by atoms with Crippen LogP contribution in [0.15, 0.2) is 12.2 Å². The largest absolute Gasteiger partial charge is 0.0848 e. The Hall–Kier alpha value is -0.260. The molecule has 5 fully saturated rings. The molecule has 0 nitrogen and oxygen atoms in total. The number of allylic oxidation sites excluding steroid dienone is 2. The van der Waals surface area contributed by atoms with E-state index in [2.05, 4.69) is 12.2 Å². The molecule has 10 atom stereocenters.